The molecule has 0 radical (unpaired) electrons. The molecule has 4 nitrogen and oxygen atoms in total. The summed E-state index contributed by atoms with van der Waals surface area (Å²) in [6, 6.07) is 5.41. The Labute approximate surface area is 125 Å². The topological polar surface area (TPSA) is 55.1 Å². The summed E-state index contributed by atoms with van der Waals surface area (Å²) in [5.74, 6) is 0.926. The zero-order valence-corrected chi connectivity index (χ0v) is 13.3. The highest BCUT2D eigenvalue weighted by atomic mass is 16.4. The number of hydrogen-bond donors (Lipinski definition) is 1. The van der Waals surface area contributed by atoms with Gasteiger partial charge in [-0.3, -0.25) is 0 Å². The molecular formula is C17H24N2O2. The fourth-order valence-corrected chi connectivity index (χ4v) is 2.78. The molecule has 4 heteroatoms. The van der Waals surface area contributed by atoms with E-state index in [2.05, 4.69) is 37.2 Å². The van der Waals surface area contributed by atoms with Crippen molar-refractivity contribution in [3.05, 3.63) is 29.6 Å². The van der Waals surface area contributed by atoms with Crippen molar-refractivity contribution in [1.82, 2.24) is 9.55 Å². The van der Waals surface area contributed by atoms with Gasteiger partial charge in [-0.25, -0.2) is 9.78 Å². The van der Waals surface area contributed by atoms with Crippen LogP contribution in [0.1, 0.15) is 62.6 Å². The maximum atomic E-state index is 11.4. The van der Waals surface area contributed by atoms with E-state index in [1.807, 2.05) is 6.07 Å². The molecule has 0 atom stereocenters. The van der Waals surface area contributed by atoms with E-state index in [0.717, 1.165) is 30.7 Å². The van der Waals surface area contributed by atoms with Gasteiger partial charge in [-0.2, -0.15) is 0 Å². The van der Waals surface area contributed by atoms with Crippen molar-refractivity contribution in [2.45, 2.75) is 53.0 Å². The van der Waals surface area contributed by atoms with Gasteiger partial charge in [-0.05, 0) is 18.1 Å². The molecule has 0 amide bonds. The molecule has 0 unspecified atom stereocenters. The average Bonchev–Trinajstić information content (AvgIpc) is 2.83. The van der Waals surface area contributed by atoms with Crippen LogP contribution in [-0.2, 0) is 6.54 Å². The lowest BCUT2D eigenvalue weighted by atomic mass is 10.0. The standard InChI is InChI=1S/C17H24N2O2/c1-5-12(6-2)10-19-14-9-7-8-13(17(20)21)15(14)18-16(19)11(3)4/h7-9,11-12H,5-6,10H2,1-4H3,(H,20,21). The highest BCUT2D eigenvalue weighted by molar-refractivity contribution is 6.01. The minimum Gasteiger partial charge on any atom is -0.478 e. The second-order valence-electron chi connectivity index (χ2n) is 5.90. The van der Waals surface area contributed by atoms with E-state index in [9.17, 15) is 9.90 Å². The van der Waals surface area contributed by atoms with Crippen LogP contribution in [0.4, 0.5) is 0 Å². The van der Waals surface area contributed by atoms with Gasteiger partial charge in [0.2, 0.25) is 0 Å². The van der Waals surface area contributed by atoms with Gasteiger partial charge in [0.15, 0.2) is 0 Å². The SMILES string of the molecule is CCC(CC)Cn1c(C(C)C)nc2c(C(=O)O)cccc21. The molecule has 1 aromatic heterocycles. The van der Waals surface area contributed by atoms with Gasteiger partial charge in [0.25, 0.3) is 0 Å². The Bertz CT molecular complexity index is 640. The van der Waals surface area contributed by atoms with Crippen molar-refractivity contribution in [2.24, 2.45) is 5.92 Å². The molecule has 2 aromatic rings. The molecule has 0 spiro atoms. The minimum atomic E-state index is -0.914. The summed E-state index contributed by atoms with van der Waals surface area (Å²) in [5, 5.41) is 9.35. The summed E-state index contributed by atoms with van der Waals surface area (Å²) in [4.78, 5) is 16.0. The third-order valence-electron chi connectivity index (χ3n) is 4.15. The maximum absolute atomic E-state index is 11.4. The average molecular weight is 288 g/mol. The molecule has 0 aliphatic carbocycles. The fraction of sp³-hybridized carbons (Fsp3) is 0.529. The molecule has 114 valence electrons. The Morgan fingerprint density at radius 3 is 2.48 bits per heavy atom. The molecule has 1 heterocycles. The second-order valence-corrected chi connectivity index (χ2v) is 5.90. The maximum Gasteiger partial charge on any atom is 0.337 e. The number of carboxylic acid groups (broad SMARTS) is 1. The number of fused-ring (bicyclic) bond motifs is 1. The lowest BCUT2D eigenvalue weighted by Crippen LogP contribution is -2.13. The van der Waals surface area contributed by atoms with E-state index < -0.39 is 5.97 Å². The van der Waals surface area contributed by atoms with Crippen LogP contribution in [0.25, 0.3) is 11.0 Å². The number of carbonyl (C=O) groups is 1. The number of aromatic carboxylic acids is 1. The van der Waals surface area contributed by atoms with E-state index in [1.165, 1.54) is 0 Å². The van der Waals surface area contributed by atoms with Crippen molar-refractivity contribution in [1.29, 1.82) is 0 Å². The van der Waals surface area contributed by atoms with Crippen LogP contribution in [0.5, 0.6) is 0 Å². The summed E-state index contributed by atoms with van der Waals surface area (Å²) in [5.41, 5.74) is 1.84. The fourth-order valence-electron chi connectivity index (χ4n) is 2.78. The van der Waals surface area contributed by atoms with Crippen molar-refractivity contribution >= 4 is 17.0 Å². The Morgan fingerprint density at radius 1 is 1.29 bits per heavy atom. The first-order valence-electron chi connectivity index (χ1n) is 7.71. The van der Waals surface area contributed by atoms with Gasteiger partial charge in [0.05, 0.1) is 11.1 Å². The highest BCUT2D eigenvalue weighted by Gasteiger charge is 2.19. The molecule has 0 bridgehead atoms. The number of rotatable bonds is 6. The molecule has 0 aliphatic rings. The molecule has 0 aliphatic heterocycles. The van der Waals surface area contributed by atoms with Crippen LogP contribution in [0, 0.1) is 5.92 Å². The van der Waals surface area contributed by atoms with Crippen molar-refractivity contribution < 1.29 is 9.90 Å². The van der Waals surface area contributed by atoms with Gasteiger partial charge < -0.3 is 9.67 Å². The second kappa shape index (κ2) is 6.29. The zero-order valence-electron chi connectivity index (χ0n) is 13.3. The van der Waals surface area contributed by atoms with E-state index in [4.69, 9.17) is 0 Å². The largest absolute Gasteiger partial charge is 0.478 e. The number of nitrogens with zero attached hydrogens (tertiary/aromatic N) is 2. The number of imidazole rings is 1. The Hall–Kier alpha value is -1.84. The van der Waals surface area contributed by atoms with Crippen LogP contribution in [0.3, 0.4) is 0 Å². The van der Waals surface area contributed by atoms with Crippen molar-refractivity contribution in [2.75, 3.05) is 0 Å². The quantitative estimate of drug-likeness (QED) is 0.862. The molecule has 0 saturated carbocycles. The molecule has 2 rings (SSSR count). The molecule has 0 saturated heterocycles. The minimum absolute atomic E-state index is 0.272. The zero-order chi connectivity index (χ0) is 15.6. The van der Waals surface area contributed by atoms with Gasteiger partial charge in [-0.1, -0.05) is 46.6 Å². The van der Waals surface area contributed by atoms with Crippen LogP contribution in [0.15, 0.2) is 18.2 Å². The third kappa shape index (κ3) is 2.94. The lowest BCUT2D eigenvalue weighted by Gasteiger charge is -2.17. The molecule has 21 heavy (non-hydrogen) atoms. The number of para-hydroxylation sites is 1. The third-order valence-corrected chi connectivity index (χ3v) is 4.15. The monoisotopic (exact) mass is 288 g/mol. The summed E-state index contributed by atoms with van der Waals surface area (Å²) in [6.07, 6.45) is 2.23. The predicted octanol–water partition coefficient (Wildman–Crippen LogP) is 4.29. The Morgan fingerprint density at radius 2 is 1.95 bits per heavy atom. The van der Waals surface area contributed by atoms with Gasteiger partial charge in [-0.15, -0.1) is 0 Å². The summed E-state index contributed by atoms with van der Waals surface area (Å²) in [6.45, 7) is 9.51. The number of benzene rings is 1. The summed E-state index contributed by atoms with van der Waals surface area (Å²) < 4.78 is 2.21. The molecule has 1 aromatic carbocycles. The van der Waals surface area contributed by atoms with Crippen LogP contribution >= 0.6 is 0 Å². The van der Waals surface area contributed by atoms with Crippen LogP contribution in [-0.4, -0.2) is 20.6 Å². The summed E-state index contributed by atoms with van der Waals surface area (Å²) >= 11 is 0. The smallest absolute Gasteiger partial charge is 0.337 e. The molecular weight excluding hydrogens is 264 g/mol. The summed E-state index contributed by atoms with van der Waals surface area (Å²) in [7, 11) is 0. The number of aromatic nitrogens is 2. The van der Waals surface area contributed by atoms with Gasteiger partial charge in [0.1, 0.15) is 11.3 Å². The van der Waals surface area contributed by atoms with E-state index in [1.54, 1.807) is 12.1 Å². The first-order chi connectivity index (χ1) is 9.99. The van der Waals surface area contributed by atoms with E-state index in [-0.39, 0.29) is 11.5 Å². The predicted molar refractivity (Wildman–Crippen MR) is 84.9 cm³/mol. The Balaban J connectivity index is 2.63. The van der Waals surface area contributed by atoms with Gasteiger partial charge >= 0.3 is 5.97 Å². The first-order valence-corrected chi connectivity index (χ1v) is 7.71. The molecule has 0 fully saturated rings. The Kier molecular flexibility index (Phi) is 4.66. The van der Waals surface area contributed by atoms with Crippen LogP contribution < -0.4 is 0 Å². The van der Waals surface area contributed by atoms with Crippen LogP contribution in [0.2, 0.25) is 0 Å². The number of hydrogen-bond acceptors (Lipinski definition) is 2. The lowest BCUT2D eigenvalue weighted by molar-refractivity contribution is 0.0699. The van der Waals surface area contributed by atoms with Crippen molar-refractivity contribution in [3.63, 3.8) is 0 Å². The normalized spacial score (nSPS) is 11.7. The van der Waals surface area contributed by atoms with Crippen molar-refractivity contribution in [3.8, 4) is 0 Å². The molecule has 1 N–H and O–H groups in total. The van der Waals surface area contributed by atoms with E-state index >= 15 is 0 Å². The number of carboxylic acids is 1. The first kappa shape index (κ1) is 15.5. The van der Waals surface area contributed by atoms with E-state index in [0.29, 0.717) is 11.4 Å². The highest BCUT2D eigenvalue weighted by Crippen LogP contribution is 2.26. The van der Waals surface area contributed by atoms with Gasteiger partial charge in [0, 0.05) is 12.5 Å².